The van der Waals surface area contributed by atoms with Crippen LogP contribution in [-0.4, -0.2) is 77.0 Å². The minimum atomic E-state index is -4.22. The fourth-order valence-corrected chi connectivity index (χ4v) is 3.52. The van der Waals surface area contributed by atoms with Gasteiger partial charge in [-0.05, 0) is 32.4 Å². The first-order chi connectivity index (χ1) is 11.8. The molecule has 1 N–H and O–H groups in total. The second-order valence-corrected chi connectivity index (χ2v) is 6.87. The van der Waals surface area contributed by atoms with E-state index < -0.39 is 12.7 Å². The molecule has 148 valence electrons. The van der Waals surface area contributed by atoms with Crippen molar-refractivity contribution in [1.29, 1.82) is 0 Å². The number of nitrogens with zero attached hydrogens (tertiary/aromatic N) is 4. The lowest BCUT2D eigenvalue weighted by Crippen LogP contribution is -2.55. The fraction of sp³-hybridized carbons (Fsp3) is 0.750. The molecule has 2 atom stereocenters. The molecule has 2 aliphatic heterocycles. The largest absolute Gasteiger partial charge is 0.401 e. The molecule has 3 rings (SSSR count). The van der Waals surface area contributed by atoms with Crippen LogP contribution < -0.4 is 5.32 Å². The number of hydrogen-bond donors (Lipinski definition) is 1. The molecule has 2 fully saturated rings. The first kappa shape index (κ1) is 21.0. The van der Waals surface area contributed by atoms with E-state index in [-0.39, 0.29) is 50.0 Å². The number of nitrogens with one attached hydrogen (secondary N) is 1. The van der Waals surface area contributed by atoms with Gasteiger partial charge in [0, 0.05) is 38.4 Å². The van der Waals surface area contributed by atoms with E-state index in [0.717, 1.165) is 25.9 Å². The normalized spacial score (nSPS) is 25.0. The molecule has 6 nitrogen and oxygen atoms in total. The van der Waals surface area contributed by atoms with Gasteiger partial charge in [0.15, 0.2) is 0 Å². The summed E-state index contributed by atoms with van der Waals surface area (Å²) in [6.45, 7) is 3.42. The zero-order valence-corrected chi connectivity index (χ0v) is 15.5. The number of alkyl halides is 3. The van der Waals surface area contributed by atoms with E-state index in [1.54, 1.807) is 17.9 Å². The summed E-state index contributed by atoms with van der Waals surface area (Å²) in [6.07, 6.45) is -0.302. The molecule has 26 heavy (non-hydrogen) atoms. The first-order valence-electron chi connectivity index (χ1n) is 8.69. The van der Waals surface area contributed by atoms with Crippen LogP contribution in [0.5, 0.6) is 0 Å². The summed E-state index contributed by atoms with van der Waals surface area (Å²) in [5.74, 6) is -0.207. The molecule has 3 heterocycles. The maximum absolute atomic E-state index is 12.6. The molecule has 0 aromatic carbocycles. The average molecular weight is 396 g/mol. The maximum atomic E-state index is 12.6. The van der Waals surface area contributed by atoms with Gasteiger partial charge in [-0.1, -0.05) is 0 Å². The van der Waals surface area contributed by atoms with Crippen molar-refractivity contribution >= 4 is 18.3 Å². The van der Waals surface area contributed by atoms with E-state index in [2.05, 4.69) is 10.4 Å². The minimum absolute atomic E-state index is 0. The van der Waals surface area contributed by atoms with E-state index in [1.807, 2.05) is 10.9 Å². The molecule has 2 saturated heterocycles. The molecule has 0 radical (unpaired) electrons. The lowest BCUT2D eigenvalue weighted by atomic mass is 10.1. The highest BCUT2D eigenvalue weighted by atomic mass is 35.5. The van der Waals surface area contributed by atoms with Gasteiger partial charge in [0.2, 0.25) is 0 Å². The maximum Gasteiger partial charge on any atom is 0.401 e. The summed E-state index contributed by atoms with van der Waals surface area (Å²) in [5.41, 5.74) is 0.363. The molecule has 2 aliphatic rings. The van der Waals surface area contributed by atoms with Gasteiger partial charge in [0.1, 0.15) is 5.69 Å². The third-order valence-corrected chi connectivity index (χ3v) is 4.91. The molecule has 2 unspecified atom stereocenters. The predicted octanol–water partition coefficient (Wildman–Crippen LogP) is 1.94. The van der Waals surface area contributed by atoms with Crippen LogP contribution in [0.2, 0.25) is 0 Å². The van der Waals surface area contributed by atoms with Gasteiger partial charge in [0.25, 0.3) is 5.91 Å². The SMILES string of the molecule is CC1CN(C(=O)c2ccn(C3CCCNC3)n2)CCN1CC(F)(F)F.Cl. The molecule has 0 bridgehead atoms. The number of rotatable bonds is 3. The molecule has 1 amide bonds. The molecule has 0 aliphatic carbocycles. The predicted molar refractivity (Wildman–Crippen MR) is 93.6 cm³/mol. The third kappa shape index (κ3) is 5.11. The molecule has 1 aromatic heterocycles. The zero-order valence-electron chi connectivity index (χ0n) is 14.7. The van der Waals surface area contributed by atoms with Crippen LogP contribution in [0.3, 0.4) is 0 Å². The topological polar surface area (TPSA) is 53.4 Å². The molecular weight excluding hydrogens is 371 g/mol. The second kappa shape index (κ2) is 8.58. The van der Waals surface area contributed by atoms with Crippen molar-refractivity contribution in [3.63, 3.8) is 0 Å². The number of carbonyl (C=O) groups is 1. The summed E-state index contributed by atoms with van der Waals surface area (Å²) in [4.78, 5) is 15.6. The molecule has 0 saturated carbocycles. The lowest BCUT2D eigenvalue weighted by Gasteiger charge is -2.39. The number of piperidine rings is 1. The number of halogens is 4. The van der Waals surface area contributed by atoms with Crippen molar-refractivity contribution < 1.29 is 18.0 Å². The molecule has 0 spiro atoms. The quantitative estimate of drug-likeness (QED) is 0.849. The number of aromatic nitrogens is 2. The average Bonchev–Trinajstić information content (AvgIpc) is 3.06. The Morgan fingerprint density at radius 3 is 2.77 bits per heavy atom. The minimum Gasteiger partial charge on any atom is -0.334 e. The third-order valence-electron chi connectivity index (χ3n) is 4.91. The summed E-state index contributed by atoms with van der Waals surface area (Å²) in [5, 5.41) is 7.72. The van der Waals surface area contributed by atoms with Gasteiger partial charge < -0.3 is 10.2 Å². The highest BCUT2D eigenvalue weighted by Crippen LogP contribution is 2.21. The zero-order chi connectivity index (χ0) is 18.0. The van der Waals surface area contributed by atoms with Crippen LogP contribution >= 0.6 is 12.4 Å². The summed E-state index contributed by atoms with van der Waals surface area (Å²) in [6, 6.07) is 1.62. The molecule has 1 aromatic rings. The Hall–Kier alpha value is -1.32. The highest BCUT2D eigenvalue weighted by Gasteiger charge is 2.36. The number of piperazine rings is 1. The van der Waals surface area contributed by atoms with Crippen molar-refractivity contribution in [2.45, 2.75) is 38.0 Å². The number of carbonyl (C=O) groups excluding carboxylic acids is 1. The van der Waals surface area contributed by atoms with Gasteiger partial charge in [0.05, 0.1) is 12.6 Å². The van der Waals surface area contributed by atoms with Crippen molar-refractivity contribution in [2.24, 2.45) is 0 Å². The van der Waals surface area contributed by atoms with Crippen molar-refractivity contribution in [3.8, 4) is 0 Å². The van der Waals surface area contributed by atoms with Crippen LogP contribution in [-0.2, 0) is 0 Å². The van der Waals surface area contributed by atoms with E-state index in [0.29, 0.717) is 5.69 Å². The van der Waals surface area contributed by atoms with Crippen LogP contribution in [0.25, 0.3) is 0 Å². The van der Waals surface area contributed by atoms with E-state index in [4.69, 9.17) is 0 Å². The Morgan fingerprint density at radius 2 is 2.15 bits per heavy atom. The van der Waals surface area contributed by atoms with Crippen LogP contribution in [0, 0.1) is 0 Å². The Labute approximate surface area is 157 Å². The summed E-state index contributed by atoms with van der Waals surface area (Å²) in [7, 11) is 0. The van der Waals surface area contributed by atoms with Gasteiger partial charge in [-0.3, -0.25) is 14.4 Å². The summed E-state index contributed by atoms with van der Waals surface area (Å²) < 4.78 is 39.5. The van der Waals surface area contributed by atoms with Gasteiger partial charge in [-0.25, -0.2) is 0 Å². The van der Waals surface area contributed by atoms with Crippen LogP contribution in [0.15, 0.2) is 12.3 Å². The number of amides is 1. The smallest absolute Gasteiger partial charge is 0.334 e. The fourth-order valence-electron chi connectivity index (χ4n) is 3.52. The van der Waals surface area contributed by atoms with Crippen LogP contribution in [0.1, 0.15) is 36.3 Å². The lowest BCUT2D eigenvalue weighted by molar-refractivity contribution is -0.153. The van der Waals surface area contributed by atoms with Gasteiger partial charge >= 0.3 is 6.18 Å². The Kier molecular flexibility index (Phi) is 6.92. The van der Waals surface area contributed by atoms with Crippen molar-refractivity contribution in [1.82, 2.24) is 24.9 Å². The van der Waals surface area contributed by atoms with E-state index in [1.165, 1.54) is 4.90 Å². The second-order valence-electron chi connectivity index (χ2n) is 6.87. The van der Waals surface area contributed by atoms with E-state index in [9.17, 15) is 18.0 Å². The number of hydrogen-bond acceptors (Lipinski definition) is 4. The Bertz CT molecular complexity index is 603. The molecule has 10 heteroatoms. The van der Waals surface area contributed by atoms with Gasteiger partial charge in [-0.2, -0.15) is 18.3 Å². The Morgan fingerprint density at radius 1 is 1.38 bits per heavy atom. The highest BCUT2D eigenvalue weighted by molar-refractivity contribution is 5.92. The van der Waals surface area contributed by atoms with Crippen molar-refractivity contribution in [2.75, 3.05) is 39.3 Å². The monoisotopic (exact) mass is 395 g/mol. The van der Waals surface area contributed by atoms with Crippen molar-refractivity contribution in [3.05, 3.63) is 18.0 Å². The first-order valence-corrected chi connectivity index (χ1v) is 8.69. The van der Waals surface area contributed by atoms with Gasteiger partial charge in [-0.15, -0.1) is 12.4 Å². The standard InChI is InChI=1S/C16H24F3N5O.ClH/c1-12-10-22(7-8-23(12)11-16(17,18)19)15(25)14-4-6-24(21-14)13-3-2-5-20-9-13;/h4,6,12-13,20H,2-3,5,7-11H2,1H3;1H. The van der Waals surface area contributed by atoms with Crippen LogP contribution in [0.4, 0.5) is 13.2 Å². The summed E-state index contributed by atoms with van der Waals surface area (Å²) >= 11 is 0. The Balaban J connectivity index is 0.00000243. The van der Waals surface area contributed by atoms with E-state index >= 15 is 0 Å². The molecular formula is C16H25ClF3N5O.